The van der Waals surface area contributed by atoms with Gasteiger partial charge < -0.3 is 14.9 Å². The van der Waals surface area contributed by atoms with Gasteiger partial charge >= 0.3 is 0 Å². The number of phenols is 2. The molecule has 2 aromatic carbocycles. The standard InChI is InChI=1S/C20H22O4/c1-2-3-17(22)12-15-10-14-11-18(23)8-9-19(14)24-20(15)13-4-6-16(21)7-5-13/h4-9,11,15,20-21,23H,2-3,10,12H2,1H3/t15-,20+/m0/s1. The Morgan fingerprint density at radius 3 is 2.54 bits per heavy atom. The van der Waals surface area contributed by atoms with Crippen LogP contribution in [0.1, 0.15) is 43.4 Å². The summed E-state index contributed by atoms with van der Waals surface area (Å²) in [6, 6.07) is 12.0. The van der Waals surface area contributed by atoms with E-state index >= 15 is 0 Å². The summed E-state index contributed by atoms with van der Waals surface area (Å²) in [7, 11) is 0. The average molecular weight is 326 g/mol. The van der Waals surface area contributed by atoms with Gasteiger partial charge in [0.15, 0.2) is 0 Å². The Bertz CT molecular complexity index is 721. The van der Waals surface area contributed by atoms with Gasteiger partial charge in [0.2, 0.25) is 0 Å². The highest BCUT2D eigenvalue weighted by molar-refractivity contribution is 5.78. The summed E-state index contributed by atoms with van der Waals surface area (Å²) in [5.41, 5.74) is 1.88. The fraction of sp³-hybridized carbons (Fsp3) is 0.350. The first-order valence-corrected chi connectivity index (χ1v) is 8.36. The molecule has 1 aliphatic heterocycles. The number of benzene rings is 2. The van der Waals surface area contributed by atoms with Crippen molar-refractivity contribution in [2.45, 2.75) is 38.7 Å². The number of ether oxygens (including phenoxy) is 1. The fourth-order valence-corrected chi connectivity index (χ4v) is 3.32. The van der Waals surface area contributed by atoms with Crippen molar-refractivity contribution >= 4 is 5.78 Å². The van der Waals surface area contributed by atoms with E-state index in [1.54, 1.807) is 30.3 Å². The number of carbonyl (C=O) groups is 1. The van der Waals surface area contributed by atoms with E-state index in [0.717, 1.165) is 23.3 Å². The van der Waals surface area contributed by atoms with Crippen molar-refractivity contribution in [1.29, 1.82) is 0 Å². The minimum absolute atomic E-state index is 0.0166. The Morgan fingerprint density at radius 2 is 1.83 bits per heavy atom. The number of aromatic hydroxyl groups is 2. The van der Waals surface area contributed by atoms with Gasteiger partial charge in [-0.1, -0.05) is 19.1 Å². The number of rotatable bonds is 5. The molecule has 126 valence electrons. The first-order valence-electron chi connectivity index (χ1n) is 8.36. The molecule has 0 bridgehead atoms. The monoisotopic (exact) mass is 326 g/mol. The van der Waals surface area contributed by atoms with Crippen molar-refractivity contribution in [2.24, 2.45) is 5.92 Å². The van der Waals surface area contributed by atoms with E-state index in [-0.39, 0.29) is 29.3 Å². The predicted octanol–water partition coefficient (Wildman–Crippen LogP) is 4.15. The summed E-state index contributed by atoms with van der Waals surface area (Å²) >= 11 is 0. The van der Waals surface area contributed by atoms with Crippen LogP contribution < -0.4 is 4.74 Å². The Morgan fingerprint density at radius 1 is 1.12 bits per heavy atom. The highest BCUT2D eigenvalue weighted by Crippen LogP contribution is 2.41. The van der Waals surface area contributed by atoms with Gasteiger partial charge in [0.05, 0.1) is 0 Å². The molecule has 3 rings (SSSR count). The zero-order chi connectivity index (χ0) is 17.1. The van der Waals surface area contributed by atoms with E-state index in [0.29, 0.717) is 19.3 Å². The third-order valence-electron chi connectivity index (χ3n) is 4.45. The Balaban J connectivity index is 1.91. The van der Waals surface area contributed by atoms with Gasteiger partial charge in [-0.2, -0.15) is 0 Å². The van der Waals surface area contributed by atoms with Crippen LogP contribution in [0.3, 0.4) is 0 Å². The molecule has 2 aromatic rings. The van der Waals surface area contributed by atoms with Crippen molar-refractivity contribution in [3.8, 4) is 17.2 Å². The second-order valence-electron chi connectivity index (χ2n) is 6.38. The van der Waals surface area contributed by atoms with Gasteiger partial charge in [0.25, 0.3) is 0 Å². The molecule has 24 heavy (non-hydrogen) atoms. The molecule has 2 N–H and O–H groups in total. The SMILES string of the molecule is CCCC(=O)C[C@@H]1Cc2cc(O)ccc2O[C@@H]1c1ccc(O)cc1. The molecule has 0 unspecified atom stereocenters. The van der Waals surface area contributed by atoms with Crippen molar-refractivity contribution in [3.63, 3.8) is 0 Å². The molecule has 0 radical (unpaired) electrons. The van der Waals surface area contributed by atoms with Gasteiger partial charge in [0, 0.05) is 18.8 Å². The lowest BCUT2D eigenvalue weighted by atomic mass is 9.83. The summed E-state index contributed by atoms with van der Waals surface area (Å²) in [5, 5.41) is 19.2. The van der Waals surface area contributed by atoms with E-state index in [1.807, 2.05) is 19.1 Å². The number of fused-ring (bicyclic) bond motifs is 1. The molecule has 0 amide bonds. The molecule has 4 nitrogen and oxygen atoms in total. The van der Waals surface area contributed by atoms with E-state index in [9.17, 15) is 15.0 Å². The van der Waals surface area contributed by atoms with Crippen LogP contribution in [-0.4, -0.2) is 16.0 Å². The maximum absolute atomic E-state index is 12.2. The normalized spacial score (nSPS) is 19.4. The molecule has 0 saturated carbocycles. The second-order valence-corrected chi connectivity index (χ2v) is 6.38. The number of ketones is 1. The molecule has 2 atom stereocenters. The van der Waals surface area contributed by atoms with Crippen LogP contribution in [0.4, 0.5) is 0 Å². The quantitative estimate of drug-likeness (QED) is 0.866. The van der Waals surface area contributed by atoms with E-state index in [1.165, 1.54) is 0 Å². The lowest BCUT2D eigenvalue weighted by molar-refractivity contribution is -0.121. The van der Waals surface area contributed by atoms with Gasteiger partial charge in [-0.25, -0.2) is 0 Å². The number of carbonyl (C=O) groups excluding carboxylic acids is 1. The third kappa shape index (κ3) is 3.53. The molecule has 0 aliphatic carbocycles. The molecule has 0 spiro atoms. The highest BCUT2D eigenvalue weighted by Gasteiger charge is 2.32. The van der Waals surface area contributed by atoms with Crippen molar-refractivity contribution in [1.82, 2.24) is 0 Å². The summed E-state index contributed by atoms with van der Waals surface area (Å²) in [6.07, 6.45) is 2.32. The molecule has 0 saturated heterocycles. The minimum Gasteiger partial charge on any atom is -0.508 e. The predicted molar refractivity (Wildman–Crippen MR) is 91.3 cm³/mol. The summed E-state index contributed by atoms with van der Waals surface area (Å²) in [6.45, 7) is 2.00. The maximum atomic E-state index is 12.2. The summed E-state index contributed by atoms with van der Waals surface area (Å²) < 4.78 is 6.16. The van der Waals surface area contributed by atoms with Crippen LogP contribution >= 0.6 is 0 Å². The zero-order valence-corrected chi connectivity index (χ0v) is 13.7. The molecule has 1 aliphatic rings. The Kier molecular flexibility index (Phi) is 4.74. The molecule has 0 fully saturated rings. The average Bonchev–Trinajstić information content (AvgIpc) is 2.55. The smallest absolute Gasteiger partial charge is 0.133 e. The number of Topliss-reactive ketones (excluding diaryl/α,β-unsaturated/α-hetero) is 1. The van der Waals surface area contributed by atoms with Gasteiger partial charge in [-0.05, 0) is 54.3 Å². The van der Waals surface area contributed by atoms with Crippen LogP contribution in [-0.2, 0) is 11.2 Å². The first-order chi connectivity index (χ1) is 11.6. The van der Waals surface area contributed by atoms with Crippen molar-refractivity contribution in [3.05, 3.63) is 53.6 Å². The minimum atomic E-state index is -0.233. The lowest BCUT2D eigenvalue weighted by Crippen LogP contribution is -2.28. The van der Waals surface area contributed by atoms with Crippen LogP contribution in [0, 0.1) is 5.92 Å². The van der Waals surface area contributed by atoms with Crippen molar-refractivity contribution in [2.75, 3.05) is 0 Å². The first kappa shape index (κ1) is 16.4. The number of hydrogen-bond acceptors (Lipinski definition) is 4. The van der Waals surface area contributed by atoms with Crippen LogP contribution in [0.2, 0.25) is 0 Å². The topological polar surface area (TPSA) is 66.8 Å². The fourth-order valence-electron chi connectivity index (χ4n) is 3.32. The molecular weight excluding hydrogens is 304 g/mol. The largest absolute Gasteiger partial charge is 0.508 e. The summed E-state index contributed by atoms with van der Waals surface area (Å²) in [5.74, 6) is 1.41. The number of phenolic OH excluding ortho intramolecular Hbond substituents is 2. The second kappa shape index (κ2) is 6.95. The molecule has 4 heteroatoms. The van der Waals surface area contributed by atoms with Crippen molar-refractivity contribution < 1.29 is 19.7 Å². The Hall–Kier alpha value is -2.49. The highest BCUT2D eigenvalue weighted by atomic mass is 16.5. The lowest BCUT2D eigenvalue weighted by Gasteiger charge is -2.34. The van der Waals surface area contributed by atoms with Gasteiger partial charge in [0.1, 0.15) is 29.1 Å². The summed E-state index contributed by atoms with van der Waals surface area (Å²) in [4.78, 5) is 12.2. The Labute approximate surface area is 141 Å². The van der Waals surface area contributed by atoms with E-state index in [2.05, 4.69) is 0 Å². The maximum Gasteiger partial charge on any atom is 0.133 e. The van der Waals surface area contributed by atoms with Crippen LogP contribution in [0.5, 0.6) is 17.2 Å². The van der Waals surface area contributed by atoms with Gasteiger partial charge in [-0.3, -0.25) is 4.79 Å². The number of hydrogen-bond donors (Lipinski definition) is 2. The van der Waals surface area contributed by atoms with Gasteiger partial charge in [-0.15, -0.1) is 0 Å². The van der Waals surface area contributed by atoms with E-state index in [4.69, 9.17) is 4.74 Å². The molecule has 1 heterocycles. The molecule has 0 aromatic heterocycles. The third-order valence-corrected chi connectivity index (χ3v) is 4.45. The van der Waals surface area contributed by atoms with Crippen LogP contribution in [0.15, 0.2) is 42.5 Å². The van der Waals surface area contributed by atoms with E-state index < -0.39 is 0 Å². The van der Waals surface area contributed by atoms with Crippen LogP contribution in [0.25, 0.3) is 0 Å². The molecular formula is C20H22O4. The zero-order valence-electron chi connectivity index (χ0n) is 13.7.